The number of sulfonamides is 1. The minimum Gasteiger partial charge on any atom is -0.309 e. The van der Waals surface area contributed by atoms with Gasteiger partial charge in [-0.1, -0.05) is 12.1 Å². The Labute approximate surface area is 168 Å². The molecule has 0 heterocycles. The summed E-state index contributed by atoms with van der Waals surface area (Å²) in [5.41, 5.74) is 1.17. The van der Waals surface area contributed by atoms with E-state index in [9.17, 15) is 13.0 Å². The molecule has 0 aromatic heterocycles. The number of nitrogens with one attached hydrogen (secondary N) is 1. The van der Waals surface area contributed by atoms with Crippen molar-refractivity contribution >= 4 is 45.9 Å². The number of benzene rings is 2. The molecule has 0 aliphatic heterocycles. The fraction of sp³-hybridized carbons (Fsp3) is 0.294. The summed E-state index contributed by atoms with van der Waals surface area (Å²) in [6, 6.07) is 13.2. The van der Waals surface area contributed by atoms with Crippen molar-refractivity contribution in [3.8, 4) is 0 Å². The smallest absolute Gasteiger partial charge is 0.309 e. The molecule has 2 rings (SSSR count). The number of anilines is 1. The molecule has 2 aromatic carbocycles. The van der Waals surface area contributed by atoms with Crippen LogP contribution in [0.15, 0.2) is 53.4 Å². The van der Waals surface area contributed by atoms with Crippen molar-refractivity contribution in [1.82, 2.24) is 0 Å². The van der Waals surface area contributed by atoms with Crippen molar-refractivity contribution in [2.45, 2.75) is 24.9 Å². The molecule has 0 aliphatic rings. The van der Waals surface area contributed by atoms with Crippen LogP contribution in [0.1, 0.15) is 19.4 Å². The van der Waals surface area contributed by atoms with Gasteiger partial charge in [0.15, 0.2) is 0 Å². The lowest BCUT2D eigenvalue weighted by Crippen LogP contribution is -2.12. The minimum atomic E-state index is -3.65. The van der Waals surface area contributed by atoms with Crippen LogP contribution in [0.25, 0.3) is 0 Å². The number of hydrogen-bond donors (Lipinski definition) is 1. The second-order valence-electron chi connectivity index (χ2n) is 5.36. The minimum absolute atomic E-state index is 0.138. The van der Waals surface area contributed by atoms with Gasteiger partial charge >= 0.3 is 7.60 Å². The molecule has 0 bridgehead atoms. The van der Waals surface area contributed by atoms with Crippen molar-refractivity contribution in [1.29, 1.82) is 0 Å². The summed E-state index contributed by atoms with van der Waals surface area (Å²) in [6.07, 6.45) is 0.138. The lowest BCUT2D eigenvalue weighted by molar-refractivity contribution is 0.219. The Morgan fingerprint density at radius 1 is 0.962 bits per heavy atom. The average molecular weight is 509 g/mol. The van der Waals surface area contributed by atoms with Gasteiger partial charge < -0.3 is 9.05 Å². The molecule has 6 nitrogen and oxygen atoms in total. The van der Waals surface area contributed by atoms with E-state index in [1.54, 1.807) is 62.4 Å². The summed E-state index contributed by atoms with van der Waals surface area (Å²) in [5, 5.41) is 0. The van der Waals surface area contributed by atoms with Crippen molar-refractivity contribution in [2.24, 2.45) is 0 Å². The number of rotatable bonds is 9. The summed E-state index contributed by atoms with van der Waals surface area (Å²) in [4.78, 5) is 0.194. The van der Waals surface area contributed by atoms with Gasteiger partial charge in [-0.25, -0.2) is 8.42 Å². The van der Waals surface area contributed by atoms with Crippen LogP contribution in [0.5, 0.6) is 0 Å². The SMILES string of the molecule is CCOP(=O)(Cc1ccc(NS(=O)(=O)c2ccc(I)cc2)cc1)OCC. The Morgan fingerprint density at radius 3 is 2.00 bits per heavy atom. The van der Waals surface area contributed by atoms with Gasteiger partial charge in [0.1, 0.15) is 0 Å². The molecule has 0 aliphatic carbocycles. The summed E-state index contributed by atoms with van der Waals surface area (Å²) in [7, 11) is -6.84. The van der Waals surface area contributed by atoms with Crippen LogP contribution in [-0.4, -0.2) is 21.6 Å². The Hall–Kier alpha value is -0.930. The zero-order valence-electron chi connectivity index (χ0n) is 14.5. The van der Waals surface area contributed by atoms with Crippen LogP contribution >= 0.6 is 30.2 Å². The van der Waals surface area contributed by atoms with Crippen LogP contribution in [-0.2, 0) is 29.8 Å². The van der Waals surface area contributed by atoms with Crippen molar-refractivity contribution in [2.75, 3.05) is 17.9 Å². The molecule has 0 unspecified atom stereocenters. The highest BCUT2D eigenvalue weighted by Gasteiger charge is 2.24. The lowest BCUT2D eigenvalue weighted by Gasteiger charge is -2.17. The highest BCUT2D eigenvalue weighted by atomic mass is 127. The van der Waals surface area contributed by atoms with Gasteiger partial charge in [-0.3, -0.25) is 9.29 Å². The van der Waals surface area contributed by atoms with Crippen molar-refractivity contribution in [3.63, 3.8) is 0 Å². The van der Waals surface area contributed by atoms with Gasteiger partial charge in [0.2, 0.25) is 0 Å². The van der Waals surface area contributed by atoms with Gasteiger partial charge in [-0.2, -0.15) is 0 Å². The highest BCUT2D eigenvalue weighted by molar-refractivity contribution is 14.1. The molecule has 2 aromatic rings. The summed E-state index contributed by atoms with van der Waals surface area (Å²) in [6.45, 7) is 4.11. The highest BCUT2D eigenvalue weighted by Crippen LogP contribution is 2.51. The molecule has 1 N–H and O–H groups in total. The topological polar surface area (TPSA) is 81.7 Å². The van der Waals surface area contributed by atoms with Gasteiger partial charge in [-0.15, -0.1) is 0 Å². The maximum absolute atomic E-state index is 12.6. The van der Waals surface area contributed by atoms with E-state index in [-0.39, 0.29) is 11.1 Å². The molecular formula is C17H21INO5PS. The van der Waals surface area contributed by atoms with E-state index in [0.29, 0.717) is 18.9 Å². The maximum atomic E-state index is 12.6. The fourth-order valence-corrected chi connectivity index (χ4v) is 5.37. The average Bonchev–Trinajstić information content (AvgIpc) is 2.57. The second kappa shape index (κ2) is 9.32. The standard InChI is InChI=1S/C17H21INO5PS/c1-3-23-25(20,24-4-2)13-14-5-9-16(10-6-14)19-26(21,22)17-11-7-15(18)8-12-17/h5-12,19H,3-4,13H2,1-2H3. The molecule has 0 fully saturated rings. The molecule has 0 atom stereocenters. The third kappa shape index (κ3) is 6.06. The maximum Gasteiger partial charge on any atom is 0.335 e. The summed E-state index contributed by atoms with van der Waals surface area (Å²) >= 11 is 2.12. The first-order chi connectivity index (χ1) is 12.3. The molecule has 26 heavy (non-hydrogen) atoms. The molecule has 0 saturated heterocycles. The predicted octanol–water partition coefficient (Wildman–Crippen LogP) is 4.86. The fourth-order valence-electron chi connectivity index (χ4n) is 2.25. The Morgan fingerprint density at radius 2 is 1.50 bits per heavy atom. The van der Waals surface area contributed by atoms with Crippen molar-refractivity contribution in [3.05, 3.63) is 57.7 Å². The first kappa shape index (κ1) is 21.4. The van der Waals surface area contributed by atoms with Crippen LogP contribution in [0, 0.1) is 3.57 Å². The zero-order valence-corrected chi connectivity index (χ0v) is 18.4. The molecular weight excluding hydrogens is 488 g/mol. The van der Waals surface area contributed by atoms with Gasteiger partial charge in [0.05, 0.1) is 24.3 Å². The molecule has 0 spiro atoms. The van der Waals surface area contributed by atoms with E-state index in [1.807, 2.05) is 0 Å². The Kier molecular flexibility index (Phi) is 7.66. The number of halogens is 1. The zero-order chi connectivity index (χ0) is 19.2. The van der Waals surface area contributed by atoms with Gasteiger partial charge in [0.25, 0.3) is 10.0 Å². The summed E-state index contributed by atoms with van der Waals surface area (Å²) in [5.74, 6) is 0. The van der Waals surface area contributed by atoms with Crippen LogP contribution in [0.3, 0.4) is 0 Å². The van der Waals surface area contributed by atoms with E-state index in [4.69, 9.17) is 9.05 Å². The first-order valence-electron chi connectivity index (χ1n) is 8.03. The molecule has 0 amide bonds. The third-order valence-electron chi connectivity index (χ3n) is 3.36. The van der Waals surface area contributed by atoms with E-state index < -0.39 is 17.6 Å². The van der Waals surface area contributed by atoms with Gasteiger partial charge in [0, 0.05) is 9.26 Å². The van der Waals surface area contributed by atoms with Crippen molar-refractivity contribution < 1.29 is 22.0 Å². The normalized spacial score (nSPS) is 12.1. The number of hydrogen-bond acceptors (Lipinski definition) is 5. The van der Waals surface area contributed by atoms with E-state index in [2.05, 4.69) is 27.3 Å². The molecule has 0 saturated carbocycles. The first-order valence-corrected chi connectivity index (χ1v) is 12.3. The van der Waals surface area contributed by atoms with Crippen LogP contribution in [0.4, 0.5) is 5.69 Å². The van der Waals surface area contributed by atoms with Crippen LogP contribution < -0.4 is 4.72 Å². The Balaban J connectivity index is 2.11. The molecule has 0 radical (unpaired) electrons. The van der Waals surface area contributed by atoms with E-state index in [1.165, 1.54) is 0 Å². The van der Waals surface area contributed by atoms with Gasteiger partial charge in [-0.05, 0) is 78.4 Å². The lowest BCUT2D eigenvalue weighted by atomic mass is 10.2. The second-order valence-corrected chi connectivity index (χ2v) is 10.3. The van der Waals surface area contributed by atoms with Crippen LogP contribution in [0.2, 0.25) is 0 Å². The van der Waals surface area contributed by atoms with E-state index >= 15 is 0 Å². The Bertz CT molecular complexity index is 859. The molecule has 142 valence electrons. The predicted molar refractivity (Wildman–Crippen MR) is 111 cm³/mol. The van der Waals surface area contributed by atoms with E-state index in [0.717, 1.165) is 9.13 Å². The quantitative estimate of drug-likeness (QED) is 0.386. The summed E-state index contributed by atoms with van der Waals surface area (Å²) < 4.78 is 51.4. The molecule has 9 heteroatoms. The largest absolute Gasteiger partial charge is 0.335 e. The third-order valence-corrected chi connectivity index (χ3v) is 7.53. The monoisotopic (exact) mass is 509 g/mol.